The summed E-state index contributed by atoms with van der Waals surface area (Å²) in [4.78, 5) is 13.2. The second-order valence-electron chi connectivity index (χ2n) is 4.06. The molecule has 118 valence electrons. The Morgan fingerprint density at radius 1 is 1.33 bits per heavy atom. The number of amides is 1. The minimum Gasteiger partial charge on any atom is -0.495 e. The van der Waals surface area contributed by atoms with E-state index < -0.39 is 25.5 Å². The lowest BCUT2D eigenvalue weighted by atomic mass is 10.1. The molecule has 0 atom stereocenters. The Morgan fingerprint density at radius 2 is 1.86 bits per heavy atom. The number of hydrogen-bond acceptors (Lipinski definition) is 4. The maximum absolute atomic E-state index is 12.5. The van der Waals surface area contributed by atoms with Gasteiger partial charge in [-0.15, -0.1) is 0 Å². The van der Waals surface area contributed by atoms with Crippen molar-refractivity contribution in [2.45, 2.75) is 6.43 Å². The molecule has 0 bridgehead atoms. The minimum absolute atomic E-state index is 0.140. The van der Waals surface area contributed by atoms with Gasteiger partial charge in [0.05, 0.1) is 27.4 Å². The molecule has 1 N–H and O–H groups in total. The van der Waals surface area contributed by atoms with E-state index in [4.69, 9.17) is 14.6 Å². The van der Waals surface area contributed by atoms with Crippen LogP contribution >= 0.6 is 15.9 Å². The van der Waals surface area contributed by atoms with Gasteiger partial charge in [-0.3, -0.25) is 4.79 Å². The van der Waals surface area contributed by atoms with Crippen molar-refractivity contribution in [2.75, 3.05) is 33.9 Å². The Balaban J connectivity index is 3.14. The van der Waals surface area contributed by atoms with Gasteiger partial charge in [-0.1, -0.05) is 0 Å². The molecule has 1 amide bonds. The normalized spacial score (nSPS) is 10.6. The number of carbonyl (C=O) groups is 1. The highest BCUT2D eigenvalue weighted by Gasteiger charge is 2.22. The van der Waals surface area contributed by atoms with Crippen molar-refractivity contribution in [3.63, 3.8) is 0 Å². The number of carbonyl (C=O) groups excluding carboxylic acids is 1. The number of hydrogen-bond donors (Lipinski definition) is 1. The number of rotatable bonds is 7. The number of aliphatic hydroxyl groups is 1. The molecule has 0 spiro atoms. The fourth-order valence-corrected chi connectivity index (χ4v) is 2.29. The minimum atomic E-state index is -2.68. The summed E-state index contributed by atoms with van der Waals surface area (Å²) in [6, 6.07) is 2.84. The molecule has 21 heavy (non-hydrogen) atoms. The number of benzene rings is 1. The summed E-state index contributed by atoms with van der Waals surface area (Å²) in [6.07, 6.45) is -2.68. The molecule has 0 saturated heterocycles. The van der Waals surface area contributed by atoms with Crippen LogP contribution in [0.4, 0.5) is 8.78 Å². The predicted octanol–water partition coefficient (Wildman–Crippen LogP) is 2.17. The van der Waals surface area contributed by atoms with Crippen LogP contribution in [0.3, 0.4) is 0 Å². The zero-order valence-electron chi connectivity index (χ0n) is 11.6. The lowest BCUT2D eigenvalue weighted by Gasteiger charge is -2.22. The van der Waals surface area contributed by atoms with E-state index in [1.165, 1.54) is 26.4 Å². The van der Waals surface area contributed by atoms with Gasteiger partial charge in [0.2, 0.25) is 0 Å². The van der Waals surface area contributed by atoms with E-state index in [-0.39, 0.29) is 12.1 Å². The summed E-state index contributed by atoms with van der Waals surface area (Å²) in [6.45, 7) is -1.33. The summed E-state index contributed by atoms with van der Waals surface area (Å²) in [5, 5.41) is 8.90. The van der Waals surface area contributed by atoms with Crippen LogP contribution in [0.2, 0.25) is 0 Å². The fraction of sp³-hybridized carbons (Fsp3) is 0.462. The number of aliphatic hydroxyl groups excluding tert-OH is 1. The lowest BCUT2D eigenvalue weighted by Crippen LogP contribution is -2.37. The Bertz CT molecular complexity index is 474. The number of ether oxygens (including phenoxy) is 2. The summed E-state index contributed by atoms with van der Waals surface area (Å²) < 4.78 is 35.7. The van der Waals surface area contributed by atoms with Gasteiger partial charge in [-0.05, 0) is 28.1 Å². The Morgan fingerprint density at radius 3 is 2.24 bits per heavy atom. The van der Waals surface area contributed by atoms with Gasteiger partial charge in [0.15, 0.2) is 0 Å². The van der Waals surface area contributed by atoms with Crippen LogP contribution in [0.25, 0.3) is 0 Å². The average molecular weight is 368 g/mol. The molecule has 1 aromatic rings. The summed E-state index contributed by atoms with van der Waals surface area (Å²) in [5.41, 5.74) is 0.140. The van der Waals surface area contributed by atoms with E-state index in [1.54, 1.807) is 0 Å². The molecule has 0 aliphatic heterocycles. The molecule has 5 nitrogen and oxygen atoms in total. The second kappa shape index (κ2) is 8.14. The van der Waals surface area contributed by atoms with Gasteiger partial charge in [0.1, 0.15) is 16.0 Å². The molecule has 0 saturated carbocycles. The average Bonchev–Trinajstić information content (AvgIpc) is 2.46. The molecule has 0 unspecified atom stereocenters. The topological polar surface area (TPSA) is 59.0 Å². The molecule has 8 heteroatoms. The van der Waals surface area contributed by atoms with Crippen molar-refractivity contribution < 1.29 is 28.2 Å². The Labute approximate surface area is 129 Å². The zero-order valence-corrected chi connectivity index (χ0v) is 13.2. The maximum Gasteiger partial charge on any atom is 0.255 e. The van der Waals surface area contributed by atoms with Crippen LogP contribution in [-0.4, -0.2) is 56.3 Å². The largest absolute Gasteiger partial charge is 0.495 e. The molecular weight excluding hydrogens is 352 g/mol. The first-order valence-corrected chi connectivity index (χ1v) is 6.83. The van der Waals surface area contributed by atoms with E-state index in [1.807, 2.05) is 0 Å². The quantitative estimate of drug-likeness (QED) is 0.802. The third-order valence-corrected chi connectivity index (χ3v) is 3.49. The SMILES string of the molecule is COc1cc(C(=O)N(CCO)CC(F)F)cc(OC)c1Br. The highest BCUT2D eigenvalue weighted by atomic mass is 79.9. The number of nitrogens with zero attached hydrogens (tertiary/aromatic N) is 1. The van der Waals surface area contributed by atoms with Crippen LogP contribution in [0.15, 0.2) is 16.6 Å². The highest BCUT2D eigenvalue weighted by molar-refractivity contribution is 9.10. The summed E-state index contributed by atoms with van der Waals surface area (Å²) in [5.74, 6) is 0.0610. The lowest BCUT2D eigenvalue weighted by molar-refractivity contribution is 0.0508. The van der Waals surface area contributed by atoms with Crippen molar-refractivity contribution in [2.24, 2.45) is 0 Å². The number of methoxy groups -OCH3 is 2. The molecule has 0 heterocycles. The first-order chi connectivity index (χ1) is 9.94. The molecule has 0 fully saturated rings. The van der Waals surface area contributed by atoms with Crippen LogP contribution < -0.4 is 9.47 Å². The van der Waals surface area contributed by atoms with Crippen LogP contribution in [0.5, 0.6) is 11.5 Å². The molecule has 0 aliphatic carbocycles. The maximum atomic E-state index is 12.5. The highest BCUT2D eigenvalue weighted by Crippen LogP contribution is 2.35. The van der Waals surface area contributed by atoms with Crippen molar-refractivity contribution in [1.29, 1.82) is 0 Å². The van der Waals surface area contributed by atoms with Gasteiger partial charge in [0.25, 0.3) is 12.3 Å². The molecule has 0 aromatic heterocycles. The number of halogens is 3. The molecule has 1 aromatic carbocycles. The molecule has 1 rings (SSSR count). The third kappa shape index (κ3) is 4.53. The molecule has 0 aliphatic rings. The van der Waals surface area contributed by atoms with E-state index in [0.29, 0.717) is 16.0 Å². The zero-order chi connectivity index (χ0) is 16.0. The Kier molecular flexibility index (Phi) is 6.83. The van der Waals surface area contributed by atoms with Crippen molar-refractivity contribution in [3.8, 4) is 11.5 Å². The van der Waals surface area contributed by atoms with Gasteiger partial charge in [-0.25, -0.2) is 8.78 Å². The van der Waals surface area contributed by atoms with Crippen molar-refractivity contribution in [1.82, 2.24) is 4.90 Å². The van der Waals surface area contributed by atoms with Gasteiger partial charge in [-0.2, -0.15) is 0 Å². The predicted molar refractivity (Wildman–Crippen MR) is 76.2 cm³/mol. The first-order valence-electron chi connectivity index (χ1n) is 6.04. The summed E-state index contributed by atoms with van der Waals surface area (Å²) >= 11 is 3.26. The first kappa shape index (κ1) is 17.6. The van der Waals surface area contributed by atoms with Crippen LogP contribution in [-0.2, 0) is 0 Å². The van der Waals surface area contributed by atoms with E-state index >= 15 is 0 Å². The monoisotopic (exact) mass is 367 g/mol. The van der Waals surface area contributed by atoms with Crippen LogP contribution in [0, 0.1) is 0 Å². The summed E-state index contributed by atoms with van der Waals surface area (Å²) in [7, 11) is 2.83. The molecule has 0 radical (unpaired) electrons. The molecular formula is C13H16BrF2NO4. The van der Waals surface area contributed by atoms with Gasteiger partial charge >= 0.3 is 0 Å². The van der Waals surface area contributed by atoms with Gasteiger partial charge in [0, 0.05) is 12.1 Å². The van der Waals surface area contributed by atoms with Crippen molar-refractivity contribution >= 4 is 21.8 Å². The second-order valence-corrected chi connectivity index (χ2v) is 4.85. The van der Waals surface area contributed by atoms with E-state index in [2.05, 4.69) is 15.9 Å². The fourth-order valence-electron chi connectivity index (χ4n) is 1.74. The Hall–Kier alpha value is -1.41. The van der Waals surface area contributed by atoms with Crippen LogP contribution in [0.1, 0.15) is 10.4 Å². The van der Waals surface area contributed by atoms with E-state index in [0.717, 1.165) is 4.90 Å². The standard InChI is InChI=1S/C13H16BrF2NO4/c1-20-9-5-8(6-10(21-2)12(9)14)13(19)17(3-4-18)7-11(15)16/h5-6,11,18H,3-4,7H2,1-2H3. The smallest absolute Gasteiger partial charge is 0.255 e. The van der Waals surface area contributed by atoms with Gasteiger partial charge < -0.3 is 19.5 Å². The van der Waals surface area contributed by atoms with Crippen molar-refractivity contribution in [3.05, 3.63) is 22.2 Å². The third-order valence-electron chi connectivity index (χ3n) is 2.71. The van der Waals surface area contributed by atoms with E-state index in [9.17, 15) is 13.6 Å². The number of alkyl halides is 2.